The van der Waals surface area contributed by atoms with Crippen LogP contribution in [0, 0.1) is 13.8 Å². The predicted molar refractivity (Wildman–Crippen MR) is 89.8 cm³/mol. The molecule has 0 aliphatic carbocycles. The summed E-state index contributed by atoms with van der Waals surface area (Å²) in [7, 11) is 0. The van der Waals surface area contributed by atoms with Gasteiger partial charge in [-0.3, -0.25) is 0 Å². The minimum absolute atomic E-state index is 0.0616. The zero-order valence-electron chi connectivity index (χ0n) is 13.7. The van der Waals surface area contributed by atoms with Crippen LogP contribution in [0.3, 0.4) is 0 Å². The second kappa shape index (κ2) is 5.80. The molecule has 0 spiro atoms. The van der Waals surface area contributed by atoms with E-state index < -0.39 is 0 Å². The number of ether oxygens (including phenoxy) is 1. The quantitative estimate of drug-likeness (QED) is 0.824. The zero-order chi connectivity index (χ0) is 15.6. The average molecular weight is 283 g/mol. The van der Waals surface area contributed by atoms with Gasteiger partial charge in [0, 0.05) is 5.69 Å². The molecule has 2 heteroatoms. The summed E-state index contributed by atoms with van der Waals surface area (Å²) >= 11 is 0. The Morgan fingerprint density at radius 1 is 1.05 bits per heavy atom. The van der Waals surface area contributed by atoms with Gasteiger partial charge in [-0.05, 0) is 48.1 Å². The van der Waals surface area contributed by atoms with Crippen molar-refractivity contribution in [3.05, 3.63) is 58.7 Å². The van der Waals surface area contributed by atoms with Gasteiger partial charge in [0.05, 0.1) is 0 Å². The number of aryl methyl sites for hydroxylation is 1. The first kappa shape index (κ1) is 15.4. The lowest BCUT2D eigenvalue weighted by Gasteiger charge is -2.23. The van der Waals surface area contributed by atoms with Gasteiger partial charge >= 0.3 is 0 Å². The SMILES string of the molecule is Cc1ccc(OCc2cccc(N)c2C)c(C(C)(C)C)c1. The van der Waals surface area contributed by atoms with E-state index in [0.29, 0.717) is 6.61 Å². The summed E-state index contributed by atoms with van der Waals surface area (Å²) in [6.07, 6.45) is 0. The number of anilines is 1. The highest BCUT2D eigenvalue weighted by Gasteiger charge is 2.19. The molecule has 0 amide bonds. The molecule has 2 aromatic carbocycles. The molecule has 0 aliphatic heterocycles. The molecule has 0 radical (unpaired) electrons. The number of hydrogen-bond acceptors (Lipinski definition) is 2. The molecule has 0 fully saturated rings. The third kappa shape index (κ3) is 3.57. The van der Waals surface area contributed by atoms with Gasteiger partial charge in [0.15, 0.2) is 0 Å². The van der Waals surface area contributed by atoms with Crippen LogP contribution in [-0.4, -0.2) is 0 Å². The van der Waals surface area contributed by atoms with Gasteiger partial charge in [0.1, 0.15) is 12.4 Å². The molecule has 0 aromatic heterocycles. The van der Waals surface area contributed by atoms with Crippen LogP contribution in [0.25, 0.3) is 0 Å². The van der Waals surface area contributed by atoms with E-state index in [9.17, 15) is 0 Å². The minimum Gasteiger partial charge on any atom is -0.489 e. The van der Waals surface area contributed by atoms with Crippen LogP contribution in [-0.2, 0) is 12.0 Å². The smallest absolute Gasteiger partial charge is 0.123 e. The van der Waals surface area contributed by atoms with Crippen molar-refractivity contribution in [2.24, 2.45) is 0 Å². The van der Waals surface area contributed by atoms with Crippen molar-refractivity contribution >= 4 is 5.69 Å². The molecule has 0 bridgehead atoms. The van der Waals surface area contributed by atoms with Gasteiger partial charge in [0.25, 0.3) is 0 Å². The van der Waals surface area contributed by atoms with Crippen LogP contribution >= 0.6 is 0 Å². The standard InChI is InChI=1S/C19H25NO/c1-13-9-10-18(16(11-13)19(3,4)5)21-12-15-7-6-8-17(20)14(15)2/h6-11H,12,20H2,1-5H3. The highest BCUT2D eigenvalue weighted by Crippen LogP contribution is 2.32. The maximum absolute atomic E-state index is 6.08. The first-order valence-corrected chi connectivity index (χ1v) is 7.37. The van der Waals surface area contributed by atoms with Crippen LogP contribution in [0.1, 0.15) is 43.0 Å². The van der Waals surface area contributed by atoms with E-state index in [4.69, 9.17) is 10.5 Å². The van der Waals surface area contributed by atoms with E-state index >= 15 is 0 Å². The summed E-state index contributed by atoms with van der Waals surface area (Å²) < 4.78 is 6.08. The lowest BCUT2D eigenvalue weighted by atomic mass is 9.85. The molecule has 0 aliphatic rings. The van der Waals surface area contributed by atoms with E-state index in [2.05, 4.69) is 52.0 Å². The van der Waals surface area contributed by atoms with Gasteiger partial charge in [-0.1, -0.05) is 50.6 Å². The molecular weight excluding hydrogens is 258 g/mol. The number of benzene rings is 2. The second-order valence-electron chi connectivity index (χ2n) is 6.67. The first-order valence-electron chi connectivity index (χ1n) is 7.37. The van der Waals surface area contributed by atoms with E-state index in [1.54, 1.807) is 0 Å². The number of hydrogen-bond donors (Lipinski definition) is 1. The predicted octanol–water partition coefficient (Wildman–Crippen LogP) is 4.76. The van der Waals surface area contributed by atoms with Crippen molar-refractivity contribution in [1.29, 1.82) is 0 Å². The Kier molecular flexibility index (Phi) is 4.26. The molecule has 0 saturated heterocycles. The lowest BCUT2D eigenvalue weighted by Crippen LogP contribution is -2.14. The minimum atomic E-state index is 0.0616. The molecule has 0 unspecified atom stereocenters. The largest absolute Gasteiger partial charge is 0.489 e. The second-order valence-corrected chi connectivity index (χ2v) is 6.67. The van der Waals surface area contributed by atoms with Crippen molar-refractivity contribution in [3.8, 4) is 5.75 Å². The summed E-state index contributed by atoms with van der Waals surface area (Å²) in [6.45, 7) is 11.3. The van der Waals surface area contributed by atoms with Crippen molar-refractivity contribution < 1.29 is 4.74 Å². The Bertz CT molecular complexity index is 638. The van der Waals surface area contributed by atoms with Crippen LogP contribution in [0.5, 0.6) is 5.75 Å². The third-order valence-corrected chi connectivity index (χ3v) is 3.81. The van der Waals surface area contributed by atoms with Gasteiger partial charge in [0.2, 0.25) is 0 Å². The molecule has 21 heavy (non-hydrogen) atoms. The number of nitrogens with two attached hydrogens (primary N) is 1. The fraction of sp³-hybridized carbons (Fsp3) is 0.368. The summed E-state index contributed by atoms with van der Waals surface area (Å²) in [5.41, 5.74) is 11.6. The zero-order valence-corrected chi connectivity index (χ0v) is 13.7. The first-order chi connectivity index (χ1) is 9.79. The molecule has 0 atom stereocenters. The fourth-order valence-corrected chi connectivity index (χ4v) is 2.37. The van der Waals surface area contributed by atoms with Crippen molar-refractivity contribution in [1.82, 2.24) is 0 Å². The number of nitrogen functional groups attached to an aromatic ring is 1. The van der Waals surface area contributed by atoms with E-state index in [1.165, 1.54) is 11.1 Å². The summed E-state index contributed by atoms with van der Waals surface area (Å²) in [5.74, 6) is 0.954. The molecule has 0 heterocycles. The van der Waals surface area contributed by atoms with Crippen LogP contribution < -0.4 is 10.5 Å². The Balaban J connectivity index is 2.26. The Labute approximate surface area is 127 Å². The molecule has 0 saturated carbocycles. The number of rotatable bonds is 3. The van der Waals surface area contributed by atoms with Crippen LogP contribution in [0.15, 0.2) is 36.4 Å². The van der Waals surface area contributed by atoms with Gasteiger partial charge in [-0.15, -0.1) is 0 Å². The van der Waals surface area contributed by atoms with E-state index in [1.807, 2.05) is 19.1 Å². The molecule has 2 rings (SSSR count). The summed E-state index contributed by atoms with van der Waals surface area (Å²) in [4.78, 5) is 0. The highest BCUT2D eigenvalue weighted by molar-refractivity contribution is 5.50. The monoisotopic (exact) mass is 283 g/mol. The third-order valence-electron chi connectivity index (χ3n) is 3.81. The molecular formula is C19H25NO. The van der Waals surface area contributed by atoms with Crippen molar-refractivity contribution in [3.63, 3.8) is 0 Å². The average Bonchev–Trinajstić information content (AvgIpc) is 2.40. The van der Waals surface area contributed by atoms with Crippen molar-refractivity contribution in [2.75, 3.05) is 5.73 Å². The topological polar surface area (TPSA) is 35.2 Å². The maximum Gasteiger partial charge on any atom is 0.123 e. The molecule has 2 N–H and O–H groups in total. The highest BCUT2D eigenvalue weighted by atomic mass is 16.5. The molecule has 2 nitrogen and oxygen atoms in total. The summed E-state index contributed by atoms with van der Waals surface area (Å²) in [6, 6.07) is 12.3. The van der Waals surface area contributed by atoms with Crippen LogP contribution in [0.2, 0.25) is 0 Å². The van der Waals surface area contributed by atoms with Crippen LogP contribution in [0.4, 0.5) is 5.69 Å². The molecule has 112 valence electrons. The van der Waals surface area contributed by atoms with Gasteiger partial charge in [-0.25, -0.2) is 0 Å². The maximum atomic E-state index is 6.08. The Morgan fingerprint density at radius 3 is 2.43 bits per heavy atom. The van der Waals surface area contributed by atoms with Gasteiger partial charge in [-0.2, -0.15) is 0 Å². The summed E-state index contributed by atoms with van der Waals surface area (Å²) in [5, 5.41) is 0. The van der Waals surface area contributed by atoms with Crippen molar-refractivity contribution in [2.45, 2.75) is 46.6 Å². The lowest BCUT2D eigenvalue weighted by molar-refractivity contribution is 0.297. The van der Waals surface area contributed by atoms with E-state index in [0.717, 1.165) is 22.6 Å². The normalized spacial score (nSPS) is 11.5. The fourth-order valence-electron chi connectivity index (χ4n) is 2.37. The Morgan fingerprint density at radius 2 is 1.76 bits per heavy atom. The van der Waals surface area contributed by atoms with E-state index in [-0.39, 0.29) is 5.41 Å². The van der Waals surface area contributed by atoms with Gasteiger partial charge < -0.3 is 10.5 Å². The molecule has 2 aromatic rings. The Hall–Kier alpha value is -1.96.